The predicted octanol–water partition coefficient (Wildman–Crippen LogP) is 3.82. The number of unbranched alkanes of at least 4 members (excludes halogenated alkanes) is 3. The molecule has 0 saturated heterocycles. The summed E-state index contributed by atoms with van der Waals surface area (Å²) in [7, 11) is 0. The molecule has 2 nitrogen and oxygen atoms in total. The van der Waals surface area contributed by atoms with Gasteiger partial charge in [-0.05, 0) is 25.3 Å². The molecule has 0 aliphatic heterocycles. The highest BCUT2D eigenvalue weighted by Crippen LogP contribution is 2.23. The Labute approximate surface area is 101 Å². The standard InChI is InChI=1S/C14H27NO/c1-5-9-10-11-12-14(7-3,8-4)15-13(16)6-2/h6H,2,5,7-12H2,1,3-4H3,(H,15,16). The van der Waals surface area contributed by atoms with E-state index in [0.717, 1.165) is 19.3 Å². The molecule has 0 aromatic rings. The van der Waals surface area contributed by atoms with E-state index in [1.54, 1.807) is 0 Å². The van der Waals surface area contributed by atoms with Crippen LogP contribution in [0.5, 0.6) is 0 Å². The highest BCUT2D eigenvalue weighted by Gasteiger charge is 2.26. The summed E-state index contributed by atoms with van der Waals surface area (Å²) < 4.78 is 0. The van der Waals surface area contributed by atoms with E-state index in [4.69, 9.17) is 0 Å². The molecule has 1 N–H and O–H groups in total. The molecule has 0 spiro atoms. The summed E-state index contributed by atoms with van der Waals surface area (Å²) in [6, 6.07) is 0. The van der Waals surface area contributed by atoms with Crippen molar-refractivity contribution in [3.8, 4) is 0 Å². The van der Waals surface area contributed by atoms with Gasteiger partial charge in [-0.25, -0.2) is 0 Å². The molecule has 0 aromatic heterocycles. The van der Waals surface area contributed by atoms with Crippen molar-refractivity contribution in [1.82, 2.24) is 5.32 Å². The van der Waals surface area contributed by atoms with Crippen LogP contribution in [0.4, 0.5) is 0 Å². The average Bonchev–Trinajstić information content (AvgIpc) is 2.33. The summed E-state index contributed by atoms with van der Waals surface area (Å²) in [5.74, 6) is -0.0424. The Morgan fingerprint density at radius 3 is 2.25 bits per heavy atom. The summed E-state index contributed by atoms with van der Waals surface area (Å²) in [6.07, 6.45) is 9.45. The topological polar surface area (TPSA) is 29.1 Å². The lowest BCUT2D eigenvalue weighted by molar-refractivity contribution is -0.118. The Morgan fingerprint density at radius 1 is 1.19 bits per heavy atom. The molecule has 0 unspecified atom stereocenters. The van der Waals surface area contributed by atoms with Crippen LogP contribution in [0.3, 0.4) is 0 Å². The molecule has 0 radical (unpaired) electrons. The Balaban J connectivity index is 4.20. The molecular weight excluding hydrogens is 198 g/mol. The number of rotatable bonds is 9. The maximum absolute atomic E-state index is 11.4. The molecule has 0 bridgehead atoms. The first-order valence-electron chi connectivity index (χ1n) is 6.58. The number of hydrogen-bond donors (Lipinski definition) is 1. The SMILES string of the molecule is C=CC(=O)NC(CC)(CC)CCCCCC. The lowest BCUT2D eigenvalue weighted by Gasteiger charge is -2.32. The second-order valence-corrected chi connectivity index (χ2v) is 4.49. The highest BCUT2D eigenvalue weighted by atomic mass is 16.1. The third kappa shape index (κ3) is 5.34. The summed E-state index contributed by atoms with van der Waals surface area (Å²) >= 11 is 0. The van der Waals surface area contributed by atoms with E-state index in [0.29, 0.717) is 0 Å². The molecule has 0 aliphatic rings. The first-order chi connectivity index (χ1) is 7.64. The van der Waals surface area contributed by atoms with Gasteiger partial charge >= 0.3 is 0 Å². The molecular formula is C14H27NO. The first kappa shape index (κ1) is 15.2. The average molecular weight is 225 g/mol. The number of nitrogens with one attached hydrogen (secondary N) is 1. The summed E-state index contributed by atoms with van der Waals surface area (Å²) in [5, 5.41) is 3.10. The summed E-state index contributed by atoms with van der Waals surface area (Å²) in [6.45, 7) is 10.0. The predicted molar refractivity (Wildman–Crippen MR) is 70.4 cm³/mol. The molecule has 0 atom stereocenters. The van der Waals surface area contributed by atoms with Crippen LogP contribution in [0.25, 0.3) is 0 Å². The van der Waals surface area contributed by atoms with Gasteiger partial charge in [-0.3, -0.25) is 4.79 Å². The summed E-state index contributed by atoms with van der Waals surface area (Å²) in [5.41, 5.74) is -0.0149. The molecule has 2 heteroatoms. The normalized spacial score (nSPS) is 11.2. The fourth-order valence-electron chi connectivity index (χ4n) is 2.05. The minimum absolute atomic E-state index is 0.0149. The van der Waals surface area contributed by atoms with Crippen molar-refractivity contribution in [2.24, 2.45) is 0 Å². The zero-order valence-electron chi connectivity index (χ0n) is 11.1. The maximum atomic E-state index is 11.4. The van der Waals surface area contributed by atoms with E-state index in [2.05, 4.69) is 32.7 Å². The van der Waals surface area contributed by atoms with Gasteiger partial charge < -0.3 is 5.32 Å². The zero-order chi connectivity index (χ0) is 12.4. The van der Waals surface area contributed by atoms with Crippen molar-refractivity contribution in [1.29, 1.82) is 0 Å². The fourth-order valence-corrected chi connectivity index (χ4v) is 2.05. The highest BCUT2D eigenvalue weighted by molar-refractivity contribution is 5.87. The minimum Gasteiger partial charge on any atom is -0.347 e. The quantitative estimate of drug-likeness (QED) is 0.469. The van der Waals surface area contributed by atoms with Gasteiger partial charge in [0.25, 0.3) is 0 Å². The molecule has 0 heterocycles. The molecule has 1 amide bonds. The lowest BCUT2D eigenvalue weighted by Crippen LogP contribution is -2.46. The van der Waals surface area contributed by atoms with Crippen LogP contribution in [-0.2, 0) is 4.79 Å². The van der Waals surface area contributed by atoms with Crippen molar-refractivity contribution in [2.45, 2.75) is 71.3 Å². The van der Waals surface area contributed by atoms with Crippen molar-refractivity contribution < 1.29 is 4.79 Å². The molecule has 0 fully saturated rings. The van der Waals surface area contributed by atoms with Gasteiger partial charge in [-0.15, -0.1) is 0 Å². The maximum Gasteiger partial charge on any atom is 0.243 e. The van der Waals surface area contributed by atoms with Crippen molar-refractivity contribution in [3.05, 3.63) is 12.7 Å². The van der Waals surface area contributed by atoms with Gasteiger partial charge in [0.15, 0.2) is 0 Å². The van der Waals surface area contributed by atoms with Crippen LogP contribution >= 0.6 is 0 Å². The zero-order valence-corrected chi connectivity index (χ0v) is 11.1. The van der Waals surface area contributed by atoms with Crippen LogP contribution < -0.4 is 5.32 Å². The van der Waals surface area contributed by atoms with Crippen LogP contribution in [0.2, 0.25) is 0 Å². The van der Waals surface area contributed by atoms with E-state index >= 15 is 0 Å². The third-order valence-corrected chi connectivity index (χ3v) is 3.44. The van der Waals surface area contributed by atoms with Gasteiger partial charge in [-0.2, -0.15) is 0 Å². The molecule has 16 heavy (non-hydrogen) atoms. The Morgan fingerprint density at radius 2 is 1.81 bits per heavy atom. The largest absolute Gasteiger partial charge is 0.347 e. The molecule has 0 aliphatic carbocycles. The third-order valence-electron chi connectivity index (χ3n) is 3.44. The number of carbonyl (C=O) groups excluding carboxylic acids is 1. The van der Waals surface area contributed by atoms with E-state index in [9.17, 15) is 4.79 Å². The second-order valence-electron chi connectivity index (χ2n) is 4.49. The molecule has 0 rings (SSSR count). The van der Waals surface area contributed by atoms with Crippen LogP contribution in [0.15, 0.2) is 12.7 Å². The monoisotopic (exact) mass is 225 g/mol. The number of carbonyl (C=O) groups is 1. The van der Waals surface area contributed by atoms with E-state index in [1.807, 2.05) is 0 Å². The number of amides is 1. The Hall–Kier alpha value is -0.790. The van der Waals surface area contributed by atoms with Gasteiger partial charge in [0, 0.05) is 5.54 Å². The molecule has 94 valence electrons. The first-order valence-corrected chi connectivity index (χ1v) is 6.58. The minimum atomic E-state index is -0.0424. The van der Waals surface area contributed by atoms with Crippen LogP contribution in [0.1, 0.15) is 65.7 Å². The lowest BCUT2D eigenvalue weighted by atomic mass is 9.86. The van der Waals surface area contributed by atoms with E-state index < -0.39 is 0 Å². The molecule has 0 saturated carbocycles. The van der Waals surface area contributed by atoms with Crippen molar-refractivity contribution >= 4 is 5.91 Å². The van der Waals surface area contributed by atoms with E-state index in [-0.39, 0.29) is 11.4 Å². The fraction of sp³-hybridized carbons (Fsp3) is 0.786. The van der Waals surface area contributed by atoms with Crippen molar-refractivity contribution in [3.63, 3.8) is 0 Å². The van der Waals surface area contributed by atoms with Gasteiger partial charge in [0.1, 0.15) is 0 Å². The number of hydrogen-bond acceptors (Lipinski definition) is 1. The summed E-state index contributed by atoms with van der Waals surface area (Å²) in [4.78, 5) is 11.4. The van der Waals surface area contributed by atoms with Crippen LogP contribution in [-0.4, -0.2) is 11.4 Å². The Kier molecular flexibility index (Phi) is 7.96. The van der Waals surface area contributed by atoms with Crippen LogP contribution in [0, 0.1) is 0 Å². The van der Waals surface area contributed by atoms with Crippen molar-refractivity contribution in [2.75, 3.05) is 0 Å². The van der Waals surface area contributed by atoms with Gasteiger partial charge in [0.05, 0.1) is 0 Å². The van der Waals surface area contributed by atoms with Gasteiger partial charge in [0.2, 0.25) is 5.91 Å². The van der Waals surface area contributed by atoms with E-state index in [1.165, 1.54) is 31.8 Å². The Bertz CT molecular complexity index is 207. The second kappa shape index (κ2) is 8.37. The van der Waals surface area contributed by atoms with Gasteiger partial charge in [-0.1, -0.05) is 53.0 Å². The molecule has 0 aromatic carbocycles. The smallest absolute Gasteiger partial charge is 0.243 e.